The van der Waals surface area contributed by atoms with Gasteiger partial charge in [-0.25, -0.2) is 4.99 Å². The van der Waals surface area contributed by atoms with E-state index in [9.17, 15) is 0 Å². The Morgan fingerprint density at radius 1 is 1.62 bits per heavy atom. The van der Waals surface area contributed by atoms with Gasteiger partial charge in [-0.2, -0.15) is 0 Å². The second kappa shape index (κ2) is 2.48. The molecule has 0 spiro atoms. The van der Waals surface area contributed by atoms with Gasteiger partial charge < -0.3 is 5.73 Å². The van der Waals surface area contributed by atoms with Crippen molar-refractivity contribution in [1.82, 2.24) is 0 Å². The summed E-state index contributed by atoms with van der Waals surface area (Å²) in [5.41, 5.74) is 5.40. The third-order valence-corrected chi connectivity index (χ3v) is 1.81. The highest BCUT2D eigenvalue weighted by molar-refractivity contribution is 14.1. The molecular weight excluding hydrogens is 215 g/mol. The van der Waals surface area contributed by atoms with Crippen molar-refractivity contribution in [3.8, 4) is 0 Å². The Morgan fingerprint density at radius 2 is 2.38 bits per heavy atom. The van der Waals surface area contributed by atoms with Crippen LogP contribution in [-0.4, -0.2) is 5.84 Å². The first-order valence-electron chi connectivity index (χ1n) is 2.46. The predicted molar refractivity (Wildman–Crippen MR) is 43.0 cm³/mol. The number of hydrogen-bond donors (Lipinski definition) is 1. The molecule has 0 radical (unpaired) electrons. The van der Waals surface area contributed by atoms with Gasteiger partial charge in [0.2, 0.25) is 0 Å². The van der Waals surface area contributed by atoms with Crippen molar-refractivity contribution >= 4 is 28.4 Å². The maximum Gasteiger partial charge on any atom is 0.0992 e. The fourth-order valence-electron chi connectivity index (χ4n) is 0.530. The zero-order chi connectivity index (χ0) is 5.98. The van der Waals surface area contributed by atoms with Crippen molar-refractivity contribution in [2.45, 2.75) is 12.8 Å². The fourth-order valence-corrected chi connectivity index (χ4v) is 0.938. The van der Waals surface area contributed by atoms with E-state index in [1.165, 1.54) is 3.58 Å². The fraction of sp³-hybridized carbons (Fsp3) is 0.400. The molecule has 0 atom stereocenters. The van der Waals surface area contributed by atoms with Crippen LogP contribution in [0.2, 0.25) is 0 Å². The lowest BCUT2D eigenvalue weighted by Crippen LogP contribution is -2.12. The molecule has 0 aromatic heterocycles. The summed E-state index contributed by atoms with van der Waals surface area (Å²) in [5, 5.41) is 0. The molecule has 0 aromatic carbocycles. The Hall–Kier alpha value is -0.0600. The van der Waals surface area contributed by atoms with Crippen LogP contribution in [-0.2, 0) is 0 Å². The zero-order valence-corrected chi connectivity index (χ0v) is 6.55. The molecule has 2 nitrogen and oxygen atoms in total. The Labute approximate surface area is 62.0 Å². The summed E-state index contributed by atoms with van der Waals surface area (Å²) in [6.07, 6.45) is 3.81. The van der Waals surface area contributed by atoms with Crippen molar-refractivity contribution in [3.63, 3.8) is 0 Å². The molecule has 0 unspecified atom stereocenters. The Balaban J connectivity index is 2.65. The molecule has 0 aliphatic carbocycles. The highest BCUT2D eigenvalue weighted by Crippen LogP contribution is 2.16. The summed E-state index contributed by atoms with van der Waals surface area (Å²) >= 11 is 2.27. The summed E-state index contributed by atoms with van der Waals surface area (Å²) in [4.78, 5) is 3.94. The van der Waals surface area contributed by atoms with E-state index >= 15 is 0 Å². The molecule has 1 aliphatic rings. The van der Waals surface area contributed by atoms with E-state index in [4.69, 9.17) is 5.73 Å². The normalized spacial score (nSPS) is 19.6. The minimum absolute atomic E-state index is 0.755. The van der Waals surface area contributed by atoms with Gasteiger partial charge in [-0.3, -0.25) is 0 Å². The van der Waals surface area contributed by atoms with Crippen molar-refractivity contribution in [2.75, 3.05) is 0 Å². The van der Waals surface area contributed by atoms with Crippen LogP contribution in [0.4, 0.5) is 0 Å². The van der Waals surface area contributed by atoms with Gasteiger partial charge in [-0.1, -0.05) is 0 Å². The topological polar surface area (TPSA) is 38.4 Å². The molecule has 8 heavy (non-hydrogen) atoms. The van der Waals surface area contributed by atoms with Gasteiger partial charge >= 0.3 is 0 Å². The summed E-state index contributed by atoms with van der Waals surface area (Å²) in [5.74, 6) is 0.755. The zero-order valence-electron chi connectivity index (χ0n) is 4.39. The standard InChI is InChI=1S/C5H7IN2/c6-4-1-2-5(7)8-3-4/h3H,1-2H2,(H2,7,8). The van der Waals surface area contributed by atoms with Crippen LogP contribution in [0.3, 0.4) is 0 Å². The van der Waals surface area contributed by atoms with Gasteiger partial charge in [0.1, 0.15) is 0 Å². The second-order valence-electron chi connectivity index (χ2n) is 1.70. The molecule has 0 bridgehead atoms. The van der Waals surface area contributed by atoms with Gasteiger partial charge in [-0.05, 0) is 29.0 Å². The number of nitrogens with two attached hydrogens (primary N) is 1. The lowest BCUT2D eigenvalue weighted by molar-refractivity contribution is 1.04. The molecule has 0 saturated heterocycles. The minimum Gasteiger partial charge on any atom is -0.387 e. The average Bonchev–Trinajstić information content (AvgIpc) is 1.77. The maximum atomic E-state index is 5.40. The van der Waals surface area contributed by atoms with Crippen molar-refractivity contribution < 1.29 is 0 Å². The van der Waals surface area contributed by atoms with Crippen molar-refractivity contribution in [2.24, 2.45) is 10.7 Å². The molecule has 0 fully saturated rings. The van der Waals surface area contributed by atoms with Gasteiger partial charge in [0, 0.05) is 16.2 Å². The van der Waals surface area contributed by atoms with Gasteiger partial charge in [0.05, 0.1) is 5.84 Å². The molecule has 3 heteroatoms. The van der Waals surface area contributed by atoms with Gasteiger partial charge in [-0.15, -0.1) is 0 Å². The highest BCUT2D eigenvalue weighted by atomic mass is 127. The SMILES string of the molecule is NC1=NC=C(I)CC1. The molecule has 1 rings (SSSR count). The van der Waals surface area contributed by atoms with Crippen LogP contribution < -0.4 is 5.73 Å². The lowest BCUT2D eigenvalue weighted by Gasteiger charge is -2.02. The van der Waals surface area contributed by atoms with Crippen LogP contribution >= 0.6 is 22.6 Å². The first-order chi connectivity index (χ1) is 3.79. The van der Waals surface area contributed by atoms with Crippen LogP contribution in [0.5, 0.6) is 0 Å². The molecule has 44 valence electrons. The van der Waals surface area contributed by atoms with Crippen molar-refractivity contribution in [3.05, 3.63) is 9.78 Å². The smallest absolute Gasteiger partial charge is 0.0992 e. The maximum absolute atomic E-state index is 5.40. The van der Waals surface area contributed by atoms with E-state index in [1.54, 1.807) is 0 Å². The number of amidine groups is 1. The van der Waals surface area contributed by atoms with E-state index in [-0.39, 0.29) is 0 Å². The molecule has 0 amide bonds. The van der Waals surface area contributed by atoms with Crippen LogP contribution in [0, 0.1) is 0 Å². The van der Waals surface area contributed by atoms with Gasteiger partial charge in [0.25, 0.3) is 0 Å². The Bertz CT molecular complexity index is 131. The Kier molecular flexibility index (Phi) is 1.88. The first kappa shape index (κ1) is 6.07. The number of nitrogens with zero attached hydrogens (tertiary/aromatic N) is 1. The largest absolute Gasteiger partial charge is 0.387 e. The van der Waals surface area contributed by atoms with E-state index in [0.717, 1.165) is 18.7 Å². The summed E-state index contributed by atoms with van der Waals surface area (Å²) in [6, 6.07) is 0. The molecule has 0 aromatic rings. The van der Waals surface area contributed by atoms with Crippen LogP contribution in [0.1, 0.15) is 12.8 Å². The summed E-state index contributed by atoms with van der Waals surface area (Å²) in [6.45, 7) is 0. The average molecular weight is 222 g/mol. The molecule has 1 heterocycles. The number of allylic oxidation sites excluding steroid dienone is 1. The molecule has 1 aliphatic heterocycles. The third kappa shape index (κ3) is 1.47. The predicted octanol–water partition coefficient (Wildman–Crippen LogP) is 1.41. The van der Waals surface area contributed by atoms with E-state index < -0.39 is 0 Å². The van der Waals surface area contributed by atoms with E-state index in [0.29, 0.717) is 0 Å². The lowest BCUT2D eigenvalue weighted by atomic mass is 10.2. The van der Waals surface area contributed by atoms with Crippen LogP contribution in [0.25, 0.3) is 0 Å². The van der Waals surface area contributed by atoms with Crippen LogP contribution in [0.15, 0.2) is 14.8 Å². The first-order valence-corrected chi connectivity index (χ1v) is 3.53. The van der Waals surface area contributed by atoms with Gasteiger partial charge in [0.15, 0.2) is 0 Å². The Morgan fingerprint density at radius 3 is 2.75 bits per heavy atom. The molecular formula is C5H7IN2. The number of halogens is 1. The van der Waals surface area contributed by atoms with Crippen molar-refractivity contribution in [1.29, 1.82) is 0 Å². The third-order valence-electron chi connectivity index (χ3n) is 0.990. The summed E-state index contributed by atoms with van der Waals surface area (Å²) < 4.78 is 1.29. The molecule has 0 saturated carbocycles. The molecule has 2 N–H and O–H groups in total. The summed E-state index contributed by atoms with van der Waals surface area (Å²) in [7, 11) is 0. The second-order valence-corrected chi connectivity index (χ2v) is 3.08. The number of aliphatic imine (C=N–C) groups is 1. The monoisotopic (exact) mass is 222 g/mol. The van der Waals surface area contributed by atoms with E-state index in [2.05, 4.69) is 27.6 Å². The highest BCUT2D eigenvalue weighted by Gasteiger charge is 1.99. The number of rotatable bonds is 0. The quantitative estimate of drug-likeness (QED) is 0.618. The van der Waals surface area contributed by atoms with E-state index in [1.807, 2.05) is 6.20 Å². The number of hydrogen-bond acceptors (Lipinski definition) is 2. The minimum atomic E-state index is 0.755.